The fourth-order valence-corrected chi connectivity index (χ4v) is 5.40. The first-order valence-electron chi connectivity index (χ1n) is 12.8. The van der Waals surface area contributed by atoms with Gasteiger partial charge in [0.1, 0.15) is 0 Å². The maximum absolute atomic E-state index is 13.2. The number of carbonyl (C=O) groups is 1. The summed E-state index contributed by atoms with van der Waals surface area (Å²) in [6, 6.07) is 6.24. The van der Waals surface area contributed by atoms with Crippen LogP contribution in [0.4, 0.5) is 0 Å². The molecule has 0 N–H and O–H groups in total. The Morgan fingerprint density at radius 3 is 2.66 bits per heavy atom. The lowest BCUT2D eigenvalue weighted by atomic mass is 10.00. The molecule has 8 nitrogen and oxygen atoms in total. The van der Waals surface area contributed by atoms with Gasteiger partial charge in [0, 0.05) is 49.4 Å². The lowest BCUT2D eigenvalue weighted by Crippen LogP contribution is -2.39. The van der Waals surface area contributed by atoms with E-state index in [-0.39, 0.29) is 24.3 Å². The number of hydrogen-bond donors (Lipinski definition) is 0. The highest BCUT2D eigenvalue weighted by Gasteiger charge is 2.28. The number of rotatable bonds is 6. The molecule has 0 saturated carbocycles. The van der Waals surface area contributed by atoms with E-state index in [2.05, 4.69) is 33.6 Å². The standard InChI is InChI=1S/C27H36N4O4/c1-18(2)35-27(32)22-17-24-21(23-8-10-28-31(23)25-7-5-6-14-34-25)9-11-30(24)26(19(22)3)20(4)29-12-15-33-16-13-29/h8-11,17-18,20,25H,5-7,12-16H2,1-4H3. The number of carbonyl (C=O) groups excluding carboxylic acids is 1. The molecule has 0 aliphatic carbocycles. The van der Waals surface area contributed by atoms with Crippen LogP contribution in [-0.2, 0) is 14.2 Å². The van der Waals surface area contributed by atoms with Crippen LogP contribution in [0.3, 0.4) is 0 Å². The number of hydrogen-bond acceptors (Lipinski definition) is 6. The van der Waals surface area contributed by atoms with Crippen LogP contribution in [-0.4, -0.2) is 64.1 Å². The van der Waals surface area contributed by atoms with E-state index < -0.39 is 0 Å². The van der Waals surface area contributed by atoms with Crippen molar-refractivity contribution in [1.29, 1.82) is 0 Å². The van der Waals surface area contributed by atoms with Crippen LogP contribution in [0.25, 0.3) is 16.8 Å². The zero-order valence-electron chi connectivity index (χ0n) is 21.2. The molecule has 35 heavy (non-hydrogen) atoms. The number of fused-ring (bicyclic) bond motifs is 1. The summed E-state index contributed by atoms with van der Waals surface area (Å²) in [7, 11) is 0. The molecule has 0 aromatic carbocycles. The summed E-state index contributed by atoms with van der Waals surface area (Å²) >= 11 is 0. The van der Waals surface area contributed by atoms with Crippen LogP contribution >= 0.6 is 0 Å². The summed E-state index contributed by atoms with van der Waals surface area (Å²) in [6.07, 6.45) is 6.86. The van der Waals surface area contributed by atoms with Crippen molar-refractivity contribution < 1.29 is 19.0 Å². The third kappa shape index (κ3) is 4.62. The number of esters is 1. The van der Waals surface area contributed by atoms with Crippen molar-refractivity contribution in [3.63, 3.8) is 0 Å². The monoisotopic (exact) mass is 480 g/mol. The Labute approximate surface area is 206 Å². The molecule has 2 saturated heterocycles. The van der Waals surface area contributed by atoms with Gasteiger partial charge in [0.15, 0.2) is 6.23 Å². The first-order valence-corrected chi connectivity index (χ1v) is 12.8. The van der Waals surface area contributed by atoms with Crippen LogP contribution in [0.15, 0.2) is 30.6 Å². The molecule has 0 radical (unpaired) electrons. The van der Waals surface area contributed by atoms with Crippen molar-refractivity contribution >= 4 is 11.5 Å². The molecule has 2 unspecified atom stereocenters. The van der Waals surface area contributed by atoms with Gasteiger partial charge in [-0.15, -0.1) is 0 Å². The van der Waals surface area contributed by atoms with Crippen molar-refractivity contribution in [2.45, 2.75) is 65.3 Å². The van der Waals surface area contributed by atoms with E-state index >= 15 is 0 Å². The van der Waals surface area contributed by atoms with E-state index in [9.17, 15) is 4.79 Å². The van der Waals surface area contributed by atoms with Crippen molar-refractivity contribution in [3.8, 4) is 11.3 Å². The molecule has 5 heterocycles. The van der Waals surface area contributed by atoms with Gasteiger partial charge in [-0.3, -0.25) is 4.90 Å². The highest BCUT2D eigenvalue weighted by molar-refractivity contribution is 5.95. The number of morpholine rings is 1. The van der Waals surface area contributed by atoms with Gasteiger partial charge in [0.2, 0.25) is 0 Å². The third-order valence-electron chi connectivity index (χ3n) is 7.18. The van der Waals surface area contributed by atoms with Gasteiger partial charge in [-0.25, -0.2) is 9.48 Å². The quantitative estimate of drug-likeness (QED) is 0.474. The van der Waals surface area contributed by atoms with Crippen molar-refractivity contribution in [2.75, 3.05) is 32.9 Å². The first kappa shape index (κ1) is 24.0. The summed E-state index contributed by atoms with van der Waals surface area (Å²) in [6.45, 7) is 11.9. The van der Waals surface area contributed by atoms with E-state index in [0.717, 1.165) is 80.2 Å². The second-order valence-electron chi connectivity index (χ2n) is 9.81. The van der Waals surface area contributed by atoms with Crippen LogP contribution in [0.5, 0.6) is 0 Å². The zero-order chi connectivity index (χ0) is 24.5. The fraction of sp³-hybridized carbons (Fsp3) is 0.556. The van der Waals surface area contributed by atoms with Gasteiger partial charge in [-0.2, -0.15) is 5.10 Å². The Morgan fingerprint density at radius 1 is 1.14 bits per heavy atom. The van der Waals surface area contributed by atoms with Gasteiger partial charge in [-0.05, 0) is 70.7 Å². The van der Waals surface area contributed by atoms with Crippen LogP contribution in [0.1, 0.15) is 73.9 Å². The van der Waals surface area contributed by atoms with Gasteiger partial charge in [-0.1, -0.05) is 0 Å². The second-order valence-corrected chi connectivity index (χ2v) is 9.81. The number of pyridine rings is 1. The molecular weight excluding hydrogens is 444 g/mol. The molecule has 2 atom stereocenters. The summed E-state index contributed by atoms with van der Waals surface area (Å²) in [5.41, 5.74) is 5.67. The predicted octanol–water partition coefficient (Wildman–Crippen LogP) is 4.77. The second kappa shape index (κ2) is 10.1. The number of ether oxygens (including phenoxy) is 3. The Morgan fingerprint density at radius 2 is 1.94 bits per heavy atom. The Balaban J connectivity index is 1.65. The van der Waals surface area contributed by atoms with Gasteiger partial charge < -0.3 is 18.6 Å². The van der Waals surface area contributed by atoms with Crippen LogP contribution in [0.2, 0.25) is 0 Å². The maximum Gasteiger partial charge on any atom is 0.338 e. The minimum Gasteiger partial charge on any atom is -0.459 e. The van der Waals surface area contributed by atoms with Crippen LogP contribution < -0.4 is 0 Å². The minimum atomic E-state index is -0.285. The Kier molecular flexibility index (Phi) is 6.95. The molecule has 2 aliphatic heterocycles. The van der Waals surface area contributed by atoms with Crippen molar-refractivity contribution in [2.24, 2.45) is 0 Å². The summed E-state index contributed by atoms with van der Waals surface area (Å²) in [4.78, 5) is 15.6. The normalized spacial score (nSPS) is 20.4. The smallest absolute Gasteiger partial charge is 0.338 e. The number of nitrogens with zero attached hydrogens (tertiary/aromatic N) is 4. The zero-order valence-corrected chi connectivity index (χ0v) is 21.2. The highest BCUT2D eigenvalue weighted by Crippen LogP contribution is 2.36. The van der Waals surface area contributed by atoms with Gasteiger partial charge in [0.25, 0.3) is 0 Å². The van der Waals surface area contributed by atoms with E-state index in [1.54, 1.807) is 0 Å². The SMILES string of the molecule is Cc1c(C(=O)OC(C)C)cc2c(-c3ccnn3C3CCCCO3)ccn2c1C(C)N1CCOCC1. The van der Waals surface area contributed by atoms with Gasteiger partial charge >= 0.3 is 5.97 Å². The van der Waals surface area contributed by atoms with Gasteiger partial charge in [0.05, 0.1) is 36.1 Å². The fourth-order valence-electron chi connectivity index (χ4n) is 5.40. The molecule has 5 rings (SSSR count). The average molecular weight is 481 g/mol. The predicted molar refractivity (Wildman–Crippen MR) is 134 cm³/mol. The number of aromatic nitrogens is 3. The molecule has 3 aromatic heterocycles. The molecular formula is C27H36N4O4. The molecule has 8 heteroatoms. The molecule has 2 fully saturated rings. The lowest BCUT2D eigenvalue weighted by molar-refractivity contribution is -0.0383. The summed E-state index contributed by atoms with van der Waals surface area (Å²) in [5.74, 6) is -0.285. The Bertz CT molecular complexity index is 1190. The van der Waals surface area contributed by atoms with Crippen molar-refractivity contribution in [3.05, 3.63) is 47.4 Å². The minimum absolute atomic E-state index is 0.0636. The summed E-state index contributed by atoms with van der Waals surface area (Å²) < 4.78 is 21.5. The topological polar surface area (TPSA) is 70.2 Å². The maximum atomic E-state index is 13.2. The van der Waals surface area contributed by atoms with E-state index in [4.69, 9.17) is 14.2 Å². The Hall–Kier alpha value is -2.68. The molecule has 188 valence electrons. The largest absolute Gasteiger partial charge is 0.459 e. The van der Waals surface area contributed by atoms with E-state index in [0.29, 0.717) is 5.56 Å². The van der Waals surface area contributed by atoms with E-state index in [1.165, 1.54) is 0 Å². The summed E-state index contributed by atoms with van der Waals surface area (Å²) in [5, 5.41) is 4.62. The average Bonchev–Trinajstić information content (AvgIpc) is 3.51. The first-order chi connectivity index (χ1) is 17.0. The van der Waals surface area contributed by atoms with E-state index in [1.807, 2.05) is 43.8 Å². The molecule has 0 amide bonds. The molecule has 3 aromatic rings. The highest BCUT2D eigenvalue weighted by atomic mass is 16.5. The third-order valence-corrected chi connectivity index (χ3v) is 7.18. The van der Waals surface area contributed by atoms with Crippen LogP contribution in [0, 0.1) is 6.92 Å². The lowest BCUT2D eigenvalue weighted by Gasteiger charge is -2.34. The van der Waals surface area contributed by atoms with Crippen molar-refractivity contribution in [1.82, 2.24) is 19.1 Å². The molecule has 0 spiro atoms. The molecule has 2 aliphatic rings. The molecule has 0 bridgehead atoms.